The molecule has 0 saturated carbocycles. The second-order valence-corrected chi connectivity index (χ2v) is 9.40. The molecule has 0 aliphatic carbocycles. The third kappa shape index (κ3) is 3.38. The van der Waals surface area contributed by atoms with E-state index in [2.05, 4.69) is 45.3 Å². The Kier molecular flexibility index (Phi) is 4.64. The van der Waals surface area contributed by atoms with Gasteiger partial charge in [-0.25, -0.2) is 0 Å². The van der Waals surface area contributed by atoms with Crippen LogP contribution in [0.3, 0.4) is 0 Å². The fraction of sp³-hybridized carbons (Fsp3) is 0.304. The maximum absolute atomic E-state index is 10.0. The van der Waals surface area contributed by atoms with Crippen LogP contribution >= 0.6 is 22.7 Å². The fourth-order valence-corrected chi connectivity index (χ4v) is 6.15. The van der Waals surface area contributed by atoms with Gasteiger partial charge in [-0.15, -0.1) is 11.3 Å². The van der Waals surface area contributed by atoms with Gasteiger partial charge in [-0.3, -0.25) is 4.90 Å². The van der Waals surface area contributed by atoms with E-state index < -0.39 is 0 Å². The van der Waals surface area contributed by atoms with Gasteiger partial charge >= 0.3 is 0 Å². The van der Waals surface area contributed by atoms with Gasteiger partial charge in [0.2, 0.25) is 0 Å². The molecule has 138 valence electrons. The van der Waals surface area contributed by atoms with Crippen LogP contribution in [0.1, 0.15) is 41.7 Å². The normalized spacial score (nSPS) is 24.3. The molecule has 3 aromatic rings. The van der Waals surface area contributed by atoms with E-state index in [1.165, 1.54) is 28.9 Å². The largest absolute Gasteiger partial charge is 0.508 e. The molecule has 1 N–H and O–H groups in total. The van der Waals surface area contributed by atoms with Crippen LogP contribution in [0.4, 0.5) is 0 Å². The summed E-state index contributed by atoms with van der Waals surface area (Å²) in [5, 5.41) is 16.6. The lowest BCUT2D eigenvalue weighted by Gasteiger charge is -2.37. The molecule has 2 atom stereocenters. The second-order valence-electron chi connectivity index (χ2n) is 7.59. The Morgan fingerprint density at radius 3 is 2.52 bits per heavy atom. The highest BCUT2D eigenvalue weighted by molar-refractivity contribution is 7.09. The smallest absolute Gasteiger partial charge is 0.116 e. The highest BCUT2D eigenvalue weighted by Crippen LogP contribution is 2.44. The average molecular weight is 394 g/mol. The number of nitrogens with zero attached hydrogens (tertiary/aromatic N) is 1. The van der Waals surface area contributed by atoms with Crippen LogP contribution in [-0.2, 0) is 6.54 Å². The highest BCUT2D eigenvalue weighted by Gasteiger charge is 2.39. The molecular formula is C23H23NOS2. The van der Waals surface area contributed by atoms with E-state index in [0.29, 0.717) is 17.8 Å². The van der Waals surface area contributed by atoms with Gasteiger partial charge in [0, 0.05) is 23.5 Å². The van der Waals surface area contributed by atoms with Crippen LogP contribution in [0.25, 0.3) is 5.57 Å². The summed E-state index contributed by atoms with van der Waals surface area (Å²) in [5.74, 6) is 0.346. The predicted octanol–water partition coefficient (Wildman–Crippen LogP) is 6.14. The Morgan fingerprint density at radius 1 is 1.00 bits per heavy atom. The van der Waals surface area contributed by atoms with Crippen molar-refractivity contribution in [3.63, 3.8) is 0 Å². The van der Waals surface area contributed by atoms with Crippen molar-refractivity contribution in [3.8, 4) is 5.75 Å². The maximum atomic E-state index is 10.0. The van der Waals surface area contributed by atoms with Crippen molar-refractivity contribution in [3.05, 3.63) is 80.2 Å². The molecule has 2 fully saturated rings. The molecule has 2 nitrogen and oxygen atoms in total. The summed E-state index contributed by atoms with van der Waals surface area (Å²) < 4.78 is 0. The summed E-state index contributed by atoms with van der Waals surface area (Å²) in [6.45, 7) is 1.10. The van der Waals surface area contributed by atoms with E-state index in [1.54, 1.807) is 23.0 Å². The molecule has 2 aliphatic heterocycles. The van der Waals surface area contributed by atoms with Crippen LogP contribution in [0, 0.1) is 0 Å². The van der Waals surface area contributed by atoms with Crippen LogP contribution in [0.5, 0.6) is 5.75 Å². The highest BCUT2D eigenvalue weighted by atomic mass is 32.1. The van der Waals surface area contributed by atoms with Crippen molar-refractivity contribution >= 4 is 28.2 Å². The third-order valence-corrected chi connectivity index (χ3v) is 7.50. The number of phenolic OH excluding ortho intramolecular Hbond substituents is 1. The molecule has 0 spiro atoms. The van der Waals surface area contributed by atoms with Crippen LogP contribution in [-0.4, -0.2) is 22.1 Å². The van der Waals surface area contributed by atoms with Gasteiger partial charge in [-0.05, 0) is 82.8 Å². The molecule has 0 radical (unpaired) electrons. The minimum atomic E-state index is 0.346. The van der Waals surface area contributed by atoms with Crippen LogP contribution in [0.15, 0.2) is 64.2 Å². The third-order valence-electron chi connectivity index (χ3n) is 5.95. The van der Waals surface area contributed by atoms with Crippen LogP contribution in [0.2, 0.25) is 0 Å². The summed E-state index contributed by atoms with van der Waals surface area (Å²) in [6.07, 6.45) is 4.89. The second kappa shape index (κ2) is 7.27. The van der Waals surface area contributed by atoms with Gasteiger partial charge in [0.05, 0.1) is 0 Å². The summed E-state index contributed by atoms with van der Waals surface area (Å²) in [7, 11) is 0. The molecule has 4 heteroatoms. The van der Waals surface area contributed by atoms with Gasteiger partial charge in [-0.2, -0.15) is 11.3 Å². The SMILES string of the molecule is Oc1cccc(C(=C2C[C@H]3CC[C@@H](C2)N3Cc2cccs2)c2ccsc2)c1. The lowest BCUT2D eigenvalue weighted by Crippen LogP contribution is -2.39. The van der Waals surface area contributed by atoms with E-state index in [4.69, 9.17) is 0 Å². The lowest BCUT2D eigenvalue weighted by atomic mass is 9.86. The Balaban J connectivity index is 1.51. The van der Waals surface area contributed by atoms with Gasteiger partial charge in [0.1, 0.15) is 5.75 Å². The van der Waals surface area contributed by atoms with E-state index in [0.717, 1.165) is 24.9 Å². The van der Waals surface area contributed by atoms with Crippen molar-refractivity contribution in [2.24, 2.45) is 0 Å². The van der Waals surface area contributed by atoms with E-state index in [9.17, 15) is 5.11 Å². The van der Waals surface area contributed by atoms with Crippen molar-refractivity contribution < 1.29 is 5.11 Å². The van der Waals surface area contributed by atoms with Crippen molar-refractivity contribution in [1.82, 2.24) is 4.90 Å². The Hall–Kier alpha value is -1.88. The van der Waals surface area contributed by atoms with E-state index >= 15 is 0 Å². The molecular weight excluding hydrogens is 370 g/mol. The zero-order valence-electron chi connectivity index (χ0n) is 15.2. The molecule has 0 amide bonds. The number of piperidine rings is 1. The van der Waals surface area contributed by atoms with E-state index in [-0.39, 0.29) is 0 Å². The number of hydrogen-bond acceptors (Lipinski definition) is 4. The first-order valence-corrected chi connectivity index (χ1v) is 11.4. The molecule has 2 aromatic heterocycles. The Bertz CT molecular complexity index is 927. The monoisotopic (exact) mass is 393 g/mol. The van der Waals surface area contributed by atoms with E-state index in [1.807, 2.05) is 23.5 Å². The van der Waals surface area contributed by atoms with Gasteiger partial charge in [0.15, 0.2) is 0 Å². The summed E-state index contributed by atoms with van der Waals surface area (Å²) >= 11 is 3.62. The number of hydrogen-bond donors (Lipinski definition) is 1. The first kappa shape index (κ1) is 17.2. The number of thiophene rings is 2. The summed E-state index contributed by atoms with van der Waals surface area (Å²) in [6, 6.07) is 15.7. The molecule has 5 rings (SSSR count). The summed E-state index contributed by atoms with van der Waals surface area (Å²) in [4.78, 5) is 4.22. The summed E-state index contributed by atoms with van der Waals surface area (Å²) in [5.41, 5.74) is 5.36. The fourth-order valence-electron chi connectivity index (χ4n) is 4.79. The van der Waals surface area contributed by atoms with Crippen LogP contribution < -0.4 is 0 Å². The number of aromatic hydroxyl groups is 1. The molecule has 2 bridgehead atoms. The molecule has 27 heavy (non-hydrogen) atoms. The van der Waals surface area contributed by atoms with Crippen molar-refractivity contribution in [2.45, 2.75) is 44.3 Å². The molecule has 4 heterocycles. The first-order valence-electron chi connectivity index (χ1n) is 9.60. The number of phenols is 1. The van der Waals surface area contributed by atoms with Gasteiger partial charge < -0.3 is 5.11 Å². The Morgan fingerprint density at radius 2 is 1.85 bits per heavy atom. The zero-order chi connectivity index (χ0) is 18.2. The number of rotatable bonds is 4. The minimum Gasteiger partial charge on any atom is -0.508 e. The zero-order valence-corrected chi connectivity index (χ0v) is 16.8. The van der Waals surface area contributed by atoms with Crippen molar-refractivity contribution in [1.29, 1.82) is 0 Å². The quantitative estimate of drug-likeness (QED) is 0.575. The van der Waals surface area contributed by atoms with Crippen molar-refractivity contribution in [2.75, 3.05) is 0 Å². The number of fused-ring (bicyclic) bond motifs is 2. The lowest BCUT2D eigenvalue weighted by molar-refractivity contribution is 0.159. The molecule has 0 unspecified atom stereocenters. The number of benzene rings is 1. The standard InChI is InChI=1S/C23H23NOS2/c25-21-4-1-3-16(13-21)23(17-8-10-26-15-17)18-11-19-6-7-20(12-18)24(19)14-22-5-2-9-27-22/h1-5,8-10,13,15,19-20,25H,6-7,11-12,14H2/t19-,20+. The first-order chi connectivity index (χ1) is 13.3. The molecule has 1 aromatic carbocycles. The average Bonchev–Trinajstić information content (AvgIpc) is 3.40. The predicted molar refractivity (Wildman–Crippen MR) is 114 cm³/mol. The minimum absolute atomic E-state index is 0.346. The maximum Gasteiger partial charge on any atom is 0.116 e. The van der Waals surface area contributed by atoms with Gasteiger partial charge in [-0.1, -0.05) is 23.8 Å². The molecule has 2 aliphatic rings. The topological polar surface area (TPSA) is 23.5 Å². The van der Waals surface area contributed by atoms with Gasteiger partial charge in [0.25, 0.3) is 0 Å². The Labute approximate surface area is 168 Å². The molecule has 2 saturated heterocycles.